The van der Waals surface area contributed by atoms with Gasteiger partial charge in [-0.3, -0.25) is 0 Å². The maximum absolute atomic E-state index is 11.1. The Balaban J connectivity index is 1.85. The molecule has 30 heavy (non-hydrogen) atoms. The quantitative estimate of drug-likeness (QED) is 0.291. The van der Waals surface area contributed by atoms with E-state index in [1.165, 1.54) is 0 Å². The van der Waals surface area contributed by atoms with E-state index in [0.29, 0.717) is 19.3 Å². The lowest BCUT2D eigenvalue weighted by Gasteiger charge is -2.60. The monoisotopic (exact) mass is 434 g/mol. The fourth-order valence-electron chi connectivity index (χ4n) is 5.76. The molecule has 9 nitrogen and oxygen atoms in total. The molecule has 7 N–H and O–H groups in total. The number of aliphatic hydroxyl groups is 7. The van der Waals surface area contributed by atoms with Crippen LogP contribution in [0.25, 0.3) is 0 Å². The second-order valence-corrected chi connectivity index (χ2v) is 10.5. The Morgan fingerprint density at radius 1 is 1.03 bits per heavy atom. The van der Waals surface area contributed by atoms with Crippen molar-refractivity contribution >= 4 is 0 Å². The molecule has 3 rings (SSSR count). The summed E-state index contributed by atoms with van der Waals surface area (Å²) in [6.45, 7) is 6.51. The Bertz CT molecular complexity index is 604. The highest BCUT2D eigenvalue weighted by Gasteiger charge is 2.61. The summed E-state index contributed by atoms with van der Waals surface area (Å²) < 4.78 is 11.6. The van der Waals surface area contributed by atoms with Gasteiger partial charge in [0.15, 0.2) is 6.29 Å². The Morgan fingerprint density at radius 2 is 1.67 bits per heavy atom. The highest BCUT2D eigenvalue weighted by atomic mass is 16.7. The lowest BCUT2D eigenvalue weighted by molar-refractivity contribution is -0.338. The maximum atomic E-state index is 11.1. The van der Waals surface area contributed by atoms with E-state index in [4.69, 9.17) is 9.47 Å². The van der Waals surface area contributed by atoms with E-state index in [1.54, 1.807) is 20.8 Å². The minimum absolute atomic E-state index is 0.0553. The van der Waals surface area contributed by atoms with E-state index in [1.807, 2.05) is 6.92 Å². The van der Waals surface area contributed by atoms with Gasteiger partial charge < -0.3 is 45.2 Å². The molecule has 2 aliphatic carbocycles. The maximum Gasteiger partial charge on any atom is 0.186 e. The third-order valence-electron chi connectivity index (χ3n) is 8.05. The van der Waals surface area contributed by atoms with Gasteiger partial charge in [-0.15, -0.1) is 0 Å². The van der Waals surface area contributed by atoms with Gasteiger partial charge in [-0.1, -0.05) is 6.92 Å². The fourth-order valence-corrected chi connectivity index (χ4v) is 5.76. The molecule has 11 atom stereocenters. The highest BCUT2D eigenvalue weighted by molar-refractivity contribution is 5.10. The average Bonchev–Trinajstić information content (AvgIpc) is 2.65. The van der Waals surface area contributed by atoms with Crippen LogP contribution < -0.4 is 0 Å². The Hall–Kier alpha value is -0.360. The minimum atomic E-state index is -1.55. The molecule has 11 unspecified atom stereocenters. The van der Waals surface area contributed by atoms with E-state index in [2.05, 4.69) is 0 Å². The molecular formula is C21H38O9. The van der Waals surface area contributed by atoms with Crippen LogP contribution in [0.5, 0.6) is 0 Å². The first-order valence-electron chi connectivity index (χ1n) is 10.8. The molecule has 0 aromatic carbocycles. The van der Waals surface area contributed by atoms with E-state index >= 15 is 0 Å². The van der Waals surface area contributed by atoms with E-state index < -0.39 is 66.1 Å². The summed E-state index contributed by atoms with van der Waals surface area (Å²) in [6.07, 6.45) is -6.72. The molecule has 0 amide bonds. The van der Waals surface area contributed by atoms with Crippen LogP contribution in [0.3, 0.4) is 0 Å². The molecule has 1 saturated heterocycles. The number of ether oxygens (including phenoxy) is 2. The minimum Gasteiger partial charge on any atom is -0.394 e. The van der Waals surface area contributed by atoms with Crippen molar-refractivity contribution in [1.29, 1.82) is 0 Å². The van der Waals surface area contributed by atoms with E-state index in [-0.39, 0.29) is 18.3 Å². The third-order valence-corrected chi connectivity index (χ3v) is 8.05. The Kier molecular flexibility index (Phi) is 6.64. The number of hydrogen-bond acceptors (Lipinski definition) is 9. The Labute approximate surface area is 177 Å². The van der Waals surface area contributed by atoms with Crippen LogP contribution >= 0.6 is 0 Å². The predicted octanol–water partition coefficient (Wildman–Crippen LogP) is -1.12. The molecule has 1 aliphatic heterocycles. The molecule has 176 valence electrons. The van der Waals surface area contributed by atoms with Gasteiger partial charge in [-0.25, -0.2) is 0 Å². The van der Waals surface area contributed by atoms with Crippen LogP contribution in [0.2, 0.25) is 0 Å². The highest BCUT2D eigenvalue weighted by Crippen LogP contribution is 2.58. The summed E-state index contributed by atoms with van der Waals surface area (Å²) in [5.74, 6) is -0.436. The smallest absolute Gasteiger partial charge is 0.186 e. The van der Waals surface area contributed by atoms with Crippen molar-refractivity contribution in [2.24, 2.45) is 17.3 Å². The van der Waals surface area contributed by atoms with Gasteiger partial charge in [0.05, 0.1) is 30.0 Å². The molecule has 3 aliphatic rings. The van der Waals surface area contributed by atoms with Gasteiger partial charge in [-0.2, -0.15) is 0 Å². The van der Waals surface area contributed by atoms with Crippen LogP contribution in [-0.2, 0) is 9.47 Å². The van der Waals surface area contributed by atoms with E-state index in [0.717, 1.165) is 0 Å². The summed E-state index contributed by atoms with van der Waals surface area (Å²) in [7, 11) is 0. The second kappa shape index (κ2) is 8.20. The zero-order valence-electron chi connectivity index (χ0n) is 18.2. The summed E-state index contributed by atoms with van der Waals surface area (Å²) in [5, 5.41) is 72.2. The van der Waals surface area contributed by atoms with Gasteiger partial charge in [0.1, 0.15) is 24.4 Å². The lowest BCUT2D eigenvalue weighted by Crippen LogP contribution is -2.66. The van der Waals surface area contributed by atoms with Crippen LogP contribution in [0.4, 0.5) is 0 Å². The van der Waals surface area contributed by atoms with Gasteiger partial charge >= 0.3 is 0 Å². The average molecular weight is 435 g/mol. The molecule has 0 bridgehead atoms. The van der Waals surface area contributed by atoms with Gasteiger partial charge in [0.25, 0.3) is 0 Å². The first-order valence-corrected chi connectivity index (χ1v) is 10.8. The number of hydrogen-bond donors (Lipinski definition) is 7. The zero-order valence-corrected chi connectivity index (χ0v) is 18.2. The summed E-state index contributed by atoms with van der Waals surface area (Å²) in [5.41, 5.74) is -2.88. The third kappa shape index (κ3) is 4.04. The van der Waals surface area contributed by atoms with Crippen molar-refractivity contribution in [2.45, 2.75) is 107 Å². The van der Waals surface area contributed by atoms with E-state index in [9.17, 15) is 35.7 Å². The standard InChI is InChI=1S/C21H38O9/c1-19(2,27)10-5-6-20(3)12(7-10)21(4,28)13(23)8-14(20)30-18-17(26)16(25)15(24)11(9-22)29-18/h10-18,22-28H,5-9H2,1-4H3. The molecule has 9 heteroatoms. The molecular weight excluding hydrogens is 396 g/mol. The van der Waals surface area contributed by atoms with Crippen molar-refractivity contribution in [3.63, 3.8) is 0 Å². The molecule has 0 radical (unpaired) electrons. The number of fused-ring (bicyclic) bond motifs is 1. The molecule has 3 fully saturated rings. The van der Waals surface area contributed by atoms with Gasteiger partial charge in [0, 0.05) is 6.42 Å². The molecule has 0 spiro atoms. The molecule has 0 aromatic rings. The molecule has 0 aromatic heterocycles. The second-order valence-electron chi connectivity index (χ2n) is 10.5. The van der Waals surface area contributed by atoms with Gasteiger partial charge in [-0.05, 0) is 57.3 Å². The van der Waals surface area contributed by atoms with Crippen LogP contribution in [-0.4, -0.2) is 96.5 Å². The largest absolute Gasteiger partial charge is 0.394 e. The summed E-state index contributed by atoms with van der Waals surface area (Å²) in [6, 6.07) is 0. The van der Waals surface area contributed by atoms with Crippen molar-refractivity contribution in [3.05, 3.63) is 0 Å². The SMILES string of the molecule is CC(C)(O)C1CCC2(C)C(OC3OC(CO)C(O)C(O)C3O)CC(O)C(C)(O)C2C1. The normalized spacial score (nSPS) is 52.7. The molecule has 2 saturated carbocycles. The van der Waals surface area contributed by atoms with Crippen molar-refractivity contribution < 1.29 is 45.2 Å². The predicted molar refractivity (Wildman–Crippen MR) is 105 cm³/mol. The zero-order chi connectivity index (χ0) is 22.6. The van der Waals surface area contributed by atoms with Crippen molar-refractivity contribution in [3.8, 4) is 0 Å². The van der Waals surface area contributed by atoms with Crippen molar-refractivity contribution in [1.82, 2.24) is 0 Å². The van der Waals surface area contributed by atoms with Crippen LogP contribution in [0, 0.1) is 17.3 Å². The van der Waals surface area contributed by atoms with Crippen LogP contribution in [0.1, 0.15) is 53.4 Å². The lowest BCUT2D eigenvalue weighted by atomic mass is 9.50. The first-order chi connectivity index (χ1) is 13.7. The number of aliphatic hydroxyl groups excluding tert-OH is 5. The number of rotatable bonds is 4. The fraction of sp³-hybridized carbons (Fsp3) is 1.00. The molecule has 1 heterocycles. The van der Waals surface area contributed by atoms with Crippen molar-refractivity contribution in [2.75, 3.05) is 6.61 Å². The summed E-state index contributed by atoms with van der Waals surface area (Å²) in [4.78, 5) is 0. The first kappa shape index (κ1) is 24.3. The Morgan fingerprint density at radius 3 is 2.23 bits per heavy atom. The van der Waals surface area contributed by atoms with Gasteiger partial charge in [0.2, 0.25) is 0 Å². The van der Waals surface area contributed by atoms with Crippen LogP contribution in [0.15, 0.2) is 0 Å². The topological polar surface area (TPSA) is 160 Å². The summed E-state index contributed by atoms with van der Waals surface area (Å²) >= 11 is 0.